The topological polar surface area (TPSA) is 75.4 Å². The van der Waals surface area contributed by atoms with Gasteiger partial charge < -0.3 is 4.42 Å². The second-order valence-electron chi connectivity index (χ2n) is 7.30. The van der Waals surface area contributed by atoms with Crippen LogP contribution in [-0.4, -0.2) is 16.1 Å². The molecule has 2 aromatic rings. The Kier molecular flexibility index (Phi) is 6.83. The molecule has 0 bridgehead atoms. The lowest BCUT2D eigenvalue weighted by Crippen LogP contribution is -2.21. The molecule has 1 saturated carbocycles. The van der Waals surface area contributed by atoms with Gasteiger partial charge in [-0.2, -0.15) is 0 Å². The molecule has 1 heterocycles. The summed E-state index contributed by atoms with van der Waals surface area (Å²) in [6.07, 6.45) is 11.7. The minimum Gasteiger partial charge on any atom is -0.440 e. The smallest absolute Gasteiger partial charge is 0.244 e. The number of amides is 1. The fraction of sp³-hybridized carbons (Fsp3) is 0.524. The quantitative estimate of drug-likeness (QED) is 0.511. The van der Waals surface area contributed by atoms with Crippen LogP contribution >= 0.6 is 0 Å². The summed E-state index contributed by atoms with van der Waals surface area (Å²) in [5.74, 6) is 1.61. The highest BCUT2D eigenvalue weighted by atomic mass is 16.5. The van der Waals surface area contributed by atoms with Gasteiger partial charge in [0.15, 0.2) is 11.7 Å². The standard InChI is InChI=1S/C21H28N2O3/c24-20(23-25)14-18(13-7-10-16-8-3-1-4-9-16)21-22-15-19(26-21)17-11-5-2-6-12-17/h2,5-6,11-12,15-16,18,25H,1,3-4,7-10,13-14H2,(H,23,24). The SMILES string of the molecule is O=C(CC(CCCC1CCCCC1)c1ncc(-c2ccccc2)o1)NO. The largest absolute Gasteiger partial charge is 0.440 e. The Labute approximate surface area is 154 Å². The van der Waals surface area contributed by atoms with E-state index in [1.165, 1.54) is 38.5 Å². The summed E-state index contributed by atoms with van der Waals surface area (Å²) in [5.41, 5.74) is 2.71. The molecule has 2 N–H and O–H groups in total. The van der Waals surface area contributed by atoms with E-state index in [4.69, 9.17) is 9.62 Å². The molecular formula is C21H28N2O3. The van der Waals surface area contributed by atoms with E-state index in [1.807, 2.05) is 30.3 Å². The molecule has 1 amide bonds. The molecule has 0 spiro atoms. The molecule has 1 aromatic heterocycles. The van der Waals surface area contributed by atoms with Gasteiger partial charge in [0.1, 0.15) is 0 Å². The Hall–Kier alpha value is -2.14. The number of nitrogens with one attached hydrogen (secondary N) is 1. The van der Waals surface area contributed by atoms with Gasteiger partial charge >= 0.3 is 0 Å². The molecule has 0 saturated heterocycles. The second-order valence-corrected chi connectivity index (χ2v) is 7.30. The molecule has 5 nitrogen and oxygen atoms in total. The maximum Gasteiger partial charge on any atom is 0.244 e. The van der Waals surface area contributed by atoms with Gasteiger partial charge in [-0.3, -0.25) is 10.0 Å². The minimum absolute atomic E-state index is 0.108. The summed E-state index contributed by atoms with van der Waals surface area (Å²) in [5, 5.41) is 8.89. The third-order valence-corrected chi connectivity index (χ3v) is 5.38. The molecule has 0 radical (unpaired) electrons. The Morgan fingerprint density at radius 2 is 2.00 bits per heavy atom. The normalized spacial score (nSPS) is 16.3. The van der Waals surface area contributed by atoms with Gasteiger partial charge in [-0.05, 0) is 12.3 Å². The maximum absolute atomic E-state index is 11.7. The monoisotopic (exact) mass is 356 g/mol. The number of hydroxylamine groups is 1. The Morgan fingerprint density at radius 3 is 2.73 bits per heavy atom. The molecule has 26 heavy (non-hydrogen) atoms. The average molecular weight is 356 g/mol. The number of nitrogens with zero attached hydrogens (tertiary/aromatic N) is 1. The third kappa shape index (κ3) is 5.18. The fourth-order valence-corrected chi connectivity index (χ4v) is 3.92. The van der Waals surface area contributed by atoms with Crippen molar-refractivity contribution in [2.75, 3.05) is 0 Å². The van der Waals surface area contributed by atoms with Crippen LogP contribution in [0.15, 0.2) is 40.9 Å². The van der Waals surface area contributed by atoms with Crippen molar-refractivity contribution >= 4 is 5.91 Å². The number of oxazole rings is 1. The van der Waals surface area contributed by atoms with Gasteiger partial charge in [0.05, 0.1) is 6.20 Å². The predicted molar refractivity (Wildman–Crippen MR) is 99.7 cm³/mol. The number of aromatic nitrogens is 1. The van der Waals surface area contributed by atoms with E-state index in [0.29, 0.717) is 11.7 Å². The lowest BCUT2D eigenvalue weighted by Gasteiger charge is -2.22. The Morgan fingerprint density at radius 1 is 1.23 bits per heavy atom. The number of carbonyl (C=O) groups is 1. The molecule has 5 heteroatoms. The lowest BCUT2D eigenvalue weighted by atomic mass is 9.84. The molecule has 140 valence electrons. The van der Waals surface area contributed by atoms with Gasteiger partial charge in [-0.1, -0.05) is 75.3 Å². The molecule has 3 rings (SSSR count). The van der Waals surface area contributed by atoms with E-state index in [9.17, 15) is 4.79 Å². The number of carbonyl (C=O) groups excluding carboxylic acids is 1. The van der Waals surface area contributed by atoms with Crippen LogP contribution in [0.2, 0.25) is 0 Å². The zero-order chi connectivity index (χ0) is 18.2. The summed E-state index contributed by atoms with van der Waals surface area (Å²) < 4.78 is 5.95. The predicted octanol–water partition coefficient (Wildman–Crippen LogP) is 5.07. The van der Waals surface area contributed by atoms with E-state index in [1.54, 1.807) is 11.7 Å². The highest BCUT2D eigenvalue weighted by Crippen LogP contribution is 2.32. The zero-order valence-electron chi connectivity index (χ0n) is 15.2. The number of hydrogen-bond donors (Lipinski definition) is 2. The van der Waals surface area contributed by atoms with Crippen molar-refractivity contribution in [3.63, 3.8) is 0 Å². The molecular weight excluding hydrogens is 328 g/mol. The van der Waals surface area contributed by atoms with Crippen molar-refractivity contribution in [2.45, 2.75) is 63.7 Å². The second kappa shape index (κ2) is 9.53. The van der Waals surface area contributed by atoms with Crippen molar-refractivity contribution < 1.29 is 14.4 Å². The van der Waals surface area contributed by atoms with Gasteiger partial charge in [-0.25, -0.2) is 10.5 Å². The van der Waals surface area contributed by atoms with Crippen molar-refractivity contribution in [3.05, 3.63) is 42.4 Å². The summed E-state index contributed by atoms with van der Waals surface area (Å²) in [4.78, 5) is 16.1. The van der Waals surface area contributed by atoms with Crippen molar-refractivity contribution in [1.82, 2.24) is 10.5 Å². The fourth-order valence-electron chi connectivity index (χ4n) is 3.92. The Balaban J connectivity index is 1.63. The first kappa shape index (κ1) is 18.6. The molecule has 1 unspecified atom stereocenters. The number of hydrogen-bond acceptors (Lipinski definition) is 4. The molecule has 1 atom stereocenters. The van der Waals surface area contributed by atoms with Crippen molar-refractivity contribution in [1.29, 1.82) is 0 Å². The van der Waals surface area contributed by atoms with Gasteiger partial charge in [0.25, 0.3) is 0 Å². The highest BCUT2D eigenvalue weighted by molar-refractivity contribution is 5.75. The average Bonchev–Trinajstić information content (AvgIpc) is 3.19. The van der Waals surface area contributed by atoms with Crippen molar-refractivity contribution in [3.8, 4) is 11.3 Å². The third-order valence-electron chi connectivity index (χ3n) is 5.38. The summed E-state index contributed by atoms with van der Waals surface area (Å²) in [6.45, 7) is 0. The lowest BCUT2D eigenvalue weighted by molar-refractivity contribution is -0.129. The molecule has 1 aliphatic rings. The first-order valence-electron chi connectivity index (χ1n) is 9.70. The van der Waals surface area contributed by atoms with Gasteiger partial charge in [-0.15, -0.1) is 0 Å². The number of rotatable bonds is 8. The first-order chi connectivity index (χ1) is 12.8. The van der Waals surface area contributed by atoms with E-state index < -0.39 is 5.91 Å². The van der Waals surface area contributed by atoms with Crippen LogP contribution in [0.4, 0.5) is 0 Å². The van der Waals surface area contributed by atoms with Crippen LogP contribution in [0.5, 0.6) is 0 Å². The summed E-state index contributed by atoms with van der Waals surface area (Å²) in [7, 11) is 0. The van der Waals surface area contributed by atoms with E-state index >= 15 is 0 Å². The zero-order valence-corrected chi connectivity index (χ0v) is 15.2. The van der Waals surface area contributed by atoms with Crippen LogP contribution in [0.1, 0.15) is 69.6 Å². The molecule has 1 aromatic carbocycles. The van der Waals surface area contributed by atoms with Crippen LogP contribution in [0, 0.1) is 5.92 Å². The van der Waals surface area contributed by atoms with E-state index in [2.05, 4.69) is 4.98 Å². The number of benzene rings is 1. The van der Waals surface area contributed by atoms with Gasteiger partial charge in [0.2, 0.25) is 5.91 Å². The van der Waals surface area contributed by atoms with E-state index in [0.717, 1.165) is 24.3 Å². The van der Waals surface area contributed by atoms with Crippen LogP contribution < -0.4 is 5.48 Å². The van der Waals surface area contributed by atoms with Crippen LogP contribution in [0.25, 0.3) is 11.3 Å². The maximum atomic E-state index is 11.7. The minimum atomic E-state index is -0.396. The van der Waals surface area contributed by atoms with E-state index in [-0.39, 0.29) is 12.3 Å². The van der Waals surface area contributed by atoms with Crippen LogP contribution in [0.3, 0.4) is 0 Å². The van der Waals surface area contributed by atoms with Crippen LogP contribution in [-0.2, 0) is 4.79 Å². The highest BCUT2D eigenvalue weighted by Gasteiger charge is 2.22. The molecule has 1 aliphatic carbocycles. The first-order valence-corrected chi connectivity index (χ1v) is 9.70. The van der Waals surface area contributed by atoms with Crippen molar-refractivity contribution in [2.24, 2.45) is 5.92 Å². The summed E-state index contributed by atoms with van der Waals surface area (Å²) in [6, 6.07) is 9.82. The van der Waals surface area contributed by atoms with Gasteiger partial charge in [0, 0.05) is 17.9 Å². The Bertz CT molecular complexity index is 678. The molecule has 0 aliphatic heterocycles. The molecule has 1 fully saturated rings. The summed E-state index contributed by atoms with van der Waals surface area (Å²) >= 11 is 0.